The number of imide groups is 1. The topological polar surface area (TPSA) is 78.5 Å². The molecule has 0 radical (unpaired) electrons. The van der Waals surface area contributed by atoms with E-state index in [9.17, 15) is 14.4 Å². The highest BCUT2D eigenvalue weighted by molar-refractivity contribution is 6.22. The highest BCUT2D eigenvalue weighted by Crippen LogP contribution is 2.31. The Labute approximate surface area is 148 Å². The molecular formula is C19H25N3O3. The van der Waals surface area contributed by atoms with E-state index in [1.807, 2.05) is 7.05 Å². The smallest absolute Gasteiger partial charge is 0.261 e. The highest BCUT2D eigenvalue weighted by Gasteiger charge is 2.40. The van der Waals surface area contributed by atoms with Crippen molar-refractivity contribution < 1.29 is 14.4 Å². The van der Waals surface area contributed by atoms with Gasteiger partial charge in [-0.25, -0.2) is 0 Å². The zero-order valence-electron chi connectivity index (χ0n) is 14.6. The minimum Gasteiger partial charge on any atom is -0.352 e. The van der Waals surface area contributed by atoms with Crippen LogP contribution in [0.3, 0.4) is 0 Å². The average Bonchev–Trinajstić information content (AvgIpc) is 2.89. The largest absolute Gasteiger partial charge is 0.352 e. The van der Waals surface area contributed by atoms with Gasteiger partial charge in [0.1, 0.15) is 0 Å². The van der Waals surface area contributed by atoms with E-state index in [1.165, 1.54) is 4.90 Å². The number of fused-ring (bicyclic) bond motifs is 1. The second kappa shape index (κ2) is 7.78. The molecule has 25 heavy (non-hydrogen) atoms. The van der Waals surface area contributed by atoms with Gasteiger partial charge in [-0.05, 0) is 51.1 Å². The van der Waals surface area contributed by atoms with Crippen LogP contribution in [0.1, 0.15) is 69.6 Å². The van der Waals surface area contributed by atoms with Crippen LogP contribution in [0, 0.1) is 0 Å². The summed E-state index contributed by atoms with van der Waals surface area (Å²) >= 11 is 0. The number of carbonyl (C=O) groups excluding carboxylic acids is 3. The van der Waals surface area contributed by atoms with Crippen LogP contribution in [-0.2, 0) is 0 Å². The summed E-state index contributed by atoms with van der Waals surface area (Å²) in [6.45, 7) is 1.39. The fraction of sp³-hybridized carbons (Fsp3) is 0.526. The van der Waals surface area contributed by atoms with Gasteiger partial charge < -0.3 is 10.6 Å². The molecule has 2 N–H and O–H groups in total. The summed E-state index contributed by atoms with van der Waals surface area (Å²) in [6.07, 6.45) is 5.86. The van der Waals surface area contributed by atoms with E-state index in [-0.39, 0.29) is 23.8 Å². The van der Waals surface area contributed by atoms with Gasteiger partial charge >= 0.3 is 0 Å². The second-order valence-electron chi connectivity index (χ2n) is 6.75. The fourth-order valence-corrected chi connectivity index (χ4v) is 3.64. The lowest BCUT2D eigenvalue weighted by Gasteiger charge is -2.29. The third-order valence-electron chi connectivity index (χ3n) is 5.01. The van der Waals surface area contributed by atoms with Crippen molar-refractivity contribution in [2.24, 2.45) is 0 Å². The molecule has 0 unspecified atom stereocenters. The second-order valence-corrected chi connectivity index (χ2v) is 6.75. The zero-order valence-corrected chi connectivity index (χ0v) is 14.6. The van der Waals surface area contributed by atoms with E-state index < -0.39 is 0 Å². The van der Waals surface area contributed by atoms with E-state index in [0.717, 1.165) is 45.1 Å². The number of nitrogens with zero attached hydrogens (tertiary/aromatic N) is 1. The molecule has 1 aromatic rings. The van der Waals surface area contributed by atoms with Crippen molar-refractivity contribution in [2.45, 2.75) is 44.6 Å². The molecule has 1 fully saturated rings. The van der Waals surface area contributed by atoms with Crippen LogP contribution < -0.4 is 10.6 Å². The summed E-state index contributed by atoms with van der Waals surface area (Å²) in [7, 11) is 1.86. The van der Waals surface area contributed by atoms with Gasteiger partial charge in [-0.2, -0.15) is 0 Å². The molecule has 0 atom stereocenters. The summed E-state index contributed by atoms with van der Waals surface area (Å²) in [6, 6.07) is 4.80. The van der Waals surface area contributed by atoms with Crippen molar-refractivity contribution in [1.82, 2.24) is 15.5 Å². The van der Waals surface area contributed by atoms with Crippen LogP contribution in [0.25, 0.3) is 0 Å². The van der Waals surface area contributed by atoms with Crippen LogP contribution in [0.4, 0.5) is 0 Å². The molecule has 0 saturated heterocycles. The number of nitrogens with one attached hydrogen (secondary N) is 2. The summed E-state index contributed by atoms with van der Waals surface area (Å²) in [5, 5.41) is 5.86. The van der Waals surface area contributed by atoms with Gasteiger partial charge in [-0.3, -0.25) is 19.3 Å². The van der Waals surface area contributed by atoms with E-state index >= 15 is 0 Å². The molecule has 2 aliphatic rings. The standard InChI is InChI=1S/C19H25N3O3/c1-20-10-5-11-21-17(23)13-8-9-15-16(12-13)19(25)22(18(15)24)14-6-3-2-4-7-14/h8-9,12,14,20H,2-7,10-11H2,1H3,(H,21,23). The van der Waals surface area contributed by atoms with Crippen molar-refractivity contribution in [3.8, 4) is 0 Å². The minimum absolute atomic E-state index is 0.0000274. The highest BCUT2D eigenvalue weighted by atomic mass is 16.2. The molecule has 1 heterocycles. The molecule has 0 bridgehead atoms. The van der Waals surface area contributed by atoms with E-state index in [1.54, 1.807) is 18.2 Å². The van der Waals surface area contributed by atoms with Gasteiger partial charge in [0.2, 0.25) is 0 Å². The van der Waals surface area contributed by atoms with Crippen LogP contribution in [0.5, 0.6) is 0 Å². The lowest BCUT2D eigenvalue weighted by Crippen LogP contribution is -2.40. The van der Waals surface area contributed by atoms with Gasteiger partial charge in [-0.1, -0.05) is 19.3 Å². The summed E-state index contributed by atoms with van der Waals surface area (Å²) in [4.78, 5) is 39.0. The first-order valence-electron chi connectivity index (χ1n) is 9.08. The molecule has 6 nitrogen and oxygen atoms in total. The van der Waals surface area contributed by atoms with Crippen molar-refractivity contribution in [3.63, 3.8) is 0 Å². The molecule has 3 rings (SSSR count). The Morgan fingerprint density at radius 3 is 2.52 bits per heavy atom. The Morgan fingerprint density at radius 1 is 1.08 bits per heavy atom. The molecule has 1 aliphatic heterocycles. The first-order chi connectivity index (χ1) is 12.1. The minimum atomic E-state index is -0.253. The van der Waals surface area contributed by atoms with Crippen LogP contribution >= 0.6 is 0 Å². The van der Waals surface area contributed by atoms with Gasteiger partial charge in [-0.15, -0.1) is 0 Å². The van der Waals surface area contributed by atoms with Gasteiger partial charge in [0.05, 0.1) is 11.1 Å². The predicted octanol–water partition coefficient (Wildman–Crippen LogP) is 1.95. The van der Waals surface area contributed by atoms with Gasteiger partial charge in [0.15, 0.2) is 0 Å². The summed E-state index contributed by atoms with van der Waals surface area (Å²) in [5.74, 6) is -0.681. The number of hydrogen-bond acceptors (Lipinski definition) is 4. The number of carbonyl (C=O) groups is 3. The third-order valence-corrected chi connectivity index (χ3v) is 5.01. The SMILES string of the molecule is CNCCCNC(=O)c1ccc2c(c1)C(=O)N(C1CCCCC1)C2=O. The number of amides is 3. The Hall–Kier alpha value is -2.21. The van der Waals surface area contributed by atoms with Gasteiger partial charge in [0.25, 0.3) is 17.7 Å². The number of benzene rings is 1. The predicted molar refractivity (Wildman–Crippen MR) is 94.7 cm³/mol. The fourth-order valence-electron chi connectivity index (χ4n) is 3.64. The van der Waals surface area contributed by atoms with Crippen molar-refractivity contribution in [2.75, 3.05) is 20.1 Å². The molecule has 1 aromatic carbocycles. The normalized spacial score (nSPS) is 17.7. The molecule has 1 aliphatic carbocycles. The zero-order chi connectivity index (χ0) is 17.8. The molecular weight excluding hydrogens is 318 g/mol. The third kappa shape index (κ3) is 3.58. The molecule has 1 saturated carbocycles. The molecule has 3 amide bonds. The number of hydrogen-bond donors (Lipinski definition) is 2. The molecule has 134 valence electrons. The van der Waals surface area contributed by atoms with Crippen molar-refractivity contribution >= 4 is 17.7 Å². The number of rotatable bonds is 6. The van der Waals surface area contributed by atoms with Crippen molar-refractivity contribution in [3.05, 3.63) is 34.9 Å². The maximum Gasteiger partial charge on any atom is 0.261 e. The Morgan fingerprint density at radius 2 is 1.80 bits per heavy atom. The van der Waals surface area contributed by atoms with E-state index in [2.05, 4.69) is 10.6 Å². The monoisotopic (exact) mass is 343 g/mol. The molecule has 0 spiro atoms. The maximum absolute atomic E-state index is 12.7. The Balaban J connectivity index is 1.73. The van der Waals surface area contributed by atoms with E-state index in [4.69, 9.17) is 0 Å². The lowest BCUT2D eigenvalue weighted by molar-refractivity contribution is 0.0549. The van der Waals surface area contributed by atoms with Crippen LogP contribution in [0.15, 0.2) is 18.2 Å². The first kappa shape index (κ1) is 17.6. The quantitative estimate of drug-likeness (QED) is 0.611. The Bertz CT molecular complexity index is 680. The molecule has 0 aromatic heterocycles. The van der Waals surface area contributed by atoms with Crippen LogP contribution in [0.2, 0.25) is 0 Å². The lowest BCUT2D eigenvalue weighted by atomic mass is 9.94. The maximum atomic E-state index is 12.7. The molecule has 6 heteroatoms. The summed E-state index contributed by atoms with van der Waals surface area (Å²) in [5.41, 5.74) is 1.20. The van der Waals surface area contributed by atoms with Gasteiger partial charge in [0, 0.05) is 18.2 Å². The van der Waals surface area contributed by atoms with E-state index in [0.29, 0.717) is 23.2 Å². The average molecular weight is 343 g/mol. The summed E-state index contributed by atoms with van der Waals surface area (Å²) < 4.78 is 0. The van der Waals surface area contributed by atoms with Crippen LogP contribution in [-0.4, -0.2) is 48.8 Å². The van der Waals surface area contributed by atoms with Crippen molar-refractivity contribution in [1.29, 1.82) is 0 Å². The first-order valence-corrected chi connectivity index (χ1v) is 9.08. The Kier molecular flexibility index (Phi) is 5.48.